The van der Waals surface area contributed by atoms with Crippen molar-refractivity contribution in [2.75, 3.05) is 0 Å². The van der Waals surface area contributed by atoms with Crippen LogP contribution in [0, 0.1) is 11.3 Å². The first kappa shape index (κ1) is 44.2. The van der Waals surface area contributed by atoms with Crippen molar-refractivity contribution >= 4 is 43.6 Å². The summed E-state index contributed by atoms with van der Waals surface area (Å²) >= 11 is 0. The van der Waals surface area contributed by atoms with Crippen LogP contribution in [-0.4, -0.2) is 24.1 Å². The Hall–Kier alpha value is -10.5. The van der Waals surface area contributed by atoms with E-state index in [1.54, 1.807) is 0 Å². The van der Waals surface area contributed by atoms with Gasteiger partial charge in [0.15, 0.2) is 17.5 Å². The molecule has 0 atom stereocenters. The molecular weight excluding hydrogens is 925 g/mol. The minimum atomic E-state index is 0.549. The maximum atomic E-state index is 10.6. The summed E-state index contributed by atoms with van der Waals surface area (Å²) in [7, 11) is 0. The topological polar surface area (TPSA) is 72.3 Å². The van der Waals surface area contributed by atoms with E-state index >= 15 is 0 Å². The number of aromatic nitrogens is 5. The zero-order valence-corrected chi connectivity index (χ0v) is 41.1. The average molecular weight is 969 g/mol. The van der Waals surface area contributed by atoms with E-state index in [4.69, 9.17) is 15.0 Å². The maximum absolute atomic E-state index is 10.6. The second kappa shape index (κ2) is 18.5. The van der Waals surface area contributed by atoms with Gasteiger partial charge in [0.1, 0.15) is 0 Å². The molecule has 6 heteroatoms. The second-order valence-corrected chi connectivity index (χ2v) is 19.1. The van der Waals surface area contributed by atoms with Crippen LogP contribution in [-0.2, 0) is 0 Å². The molecule has 0 saturated heterocycles. The zero-order chi connectivity index (χ0) is 50.5. The fourth-order valence-electron chi connectivity index (χ4n) is 11.1. The largest absolute Gasteiger partial charge is 0.309 e. The third kappa shape index (κ3) is 7.62. The van der Waals surface area contributed by atoms with E-state index in [0.29, 0.717) is 23.0 Å². The van der Waals surface area contributed by atoms with Gasteiger partial charge in [-0.15, -0.1) is 0 Å². The predicted molar refractivity (Wildman–Crippen MR) is 311 cm³/mol. The minimum absolute atomic E-state index is 0.549. The Bertz CT molecular complexity index is 4510. The van der Waals surface area contributed by atoms with Crippen molar-refractivity contribution in [1.82, 2.24) is 24.1 Å². The van der Waals surface area contributed by atoms with Gasteiger partial charge in [0, 0.05) is 49.4 Å². The van der Waals surface area contributed by atoms with E-state index in [-0.39, 0.29) is 0 Å². The van der Waals surface area contributed by atoms with E-state index in [0.717, 1.165) is 116 Å². The summed E-state index contributed by atoms with van der Waals surface area (Å²) in [5.74, 6) is 1.72. The standard InChI is InChI=1S/C70H44N6/c71-45-54-27-13-14-28-55(54)52-35-39-66(75-62-31-17-15-29-56(62)58-41-50(33-37-64(58)75)46-19-5-1-6-20-46)60(43-52)61-44-53(70-73-68(48-23-9-3-10-24-48)72-69(74-70)49-25-11-4-12-26-49)36-40-67(61)76-63-32-18-16-30-57(63)59-42-51(34-38-65(59)76)47-21-7-2-8-22-47/h1-44H. The molecule has 0 N–H and O–H groups in total. The lowest BCUT2D eigenvalue weighted by Crippen LogP contribution is -2.04. The Balaban J connectivity index is 1.10. The van der Waals surface area contributed by atoms with Gasteiger partial charge in [-0.1, -0.05) is 194 Å². The predicted octanol–water partition coefficient (Wildman–Crippen LogP) is 17.6. The highest BCUT2D eigenvalue weighted by molar-refractivity contribution is 6.13. The van der Waals surface area contributed by atoms with Crippen LogP contribution in [0.25, 0.3) is 134 Å². The lowest BCUT2D eigenvalue weighted by molar-refractivity contribution is 1.07. The van der Waals surface area contributed by atoms with Crippen molar-refractivity contribution in [3.63, 3.8) is 0 Å². The van der Waals surface area contributed by atoms with Crippen molar-refractivity contribution < 1.29 is 0 Å². The van der Waals surface area contributed by atoms with Gasteiger partial charge in [0.05, 0.1) is 45.1 Å². The number of fused-ring (bicyclic) bond motifs is 6. The van der Waals surface area contributed by atoms with Gasteiger partial charge in [-0.2, -0.15) is 5.26 Å². The number of nitrogens with zero attached hydrogens (tertiary/aromatic N) is 6. The van der Waals surface area contributed by atoms with Crippen molar-refractivity contribution in [3.05, 3.63) is 272 Å². The van der Waals surface area contributed by atoms with Gasteiger partial charge >= 0.3 is 0 Å². The first-order valence-corrected chi connectivity index (χ1v) is 25.5. The number of hydrogen-bond donors (Lipinski definition) is 0. The molecule has 0 radical (unpaired) electrons. The Morgan fingerprint density at radius 2 is 0.632 bits per heavy atom. The van der Waals surface area contributed by atoms with Crippen LogP contribution in [0.1, 0.15) is 5.56 Å². The normalized spacial score (nSPS) is 11.4. The highest BCUT2D eigenvalue weighted by Gasteiger charge is 2.24. The molecule has 14 aromatic rings. The second-order valence-electron chi connectivity index (χ2n) is 19.1. The first-order valence-electron chi connectivity index (χ1n) is 25.5. The van der Waals surface area contributed by atoms with Crippen LogP contribution in [0.5, 0.6) is 0 Å². The summed E-state index contributed by atoms with van der Waals surface area (Å²) < 4.78 is 4.82. The highest BCUT2D eigenvalue weighted by Crippen LogP contribution is 2.45. The Kier molecular flexibility index (Phi) is 10.8. The third-order valence-electron chi connectivity index (χ3n) is 14.6. The van der Waals surface area contributed by atoms with Crippen LogP contribution in [0.15, 0.2) is 267 Å². The molecule has 3 heterocycles. The Morgan fingerprint density at radius 3 is 1.12 bits per heavy atom. The van der Waals surface area contributed by atoms with Gasteiger partial charge < -0.3 is 9.13 Å². The SMILES string of the molecule is N#Cc1ccccc1-c1ccc(-n2c3ccccc3c3cc(-c4ccccc4)ccc32)c(-c2cc(-c3nc(-c4ccccc4)nc(-c4ccccc4)n3)ccc2-n2c3ccccc3c3cc(-c4ccccc4)ccc32)c1. The molecule has 0 aliphatic rings. The van der Waals surface area contributed by atoms with Gasteiger partial charge in [-0.05, 0) is 106 Å². The molecule has 14 rings (SSSR count). The van der Waals surface area contributed by atoms with E-state index in [1.165, 1.54) is 0 Å². The molecule has 0 unspecified atom stereocenters. The van der Waals surface area contributed by atoms with E-state index in [2.05, 4.69) is 197 Å². The molecule has 0 aliphatic carbocycles. The Morgan fingerprint density at radius 1 is 0.263 bits per heavy atom. The van der Waals surface area contributed by atoms with Crippen LogP contribution >= 0.6 is 0 Å². The number of nitriles is 1. The minimum Gasteiger partial charge on any atom is -0.309 e. The number of hydrogen-bond acceptors (Lipinski definition) is 4. The molecule has 11 aromatic carbocycles. The molecule has 76 heavy (non-hydrogen) atoms. The molecule has 0 spiro atoms. The number of benzene rings is 11. The highest BCUT2D eigenvalue weighted by atomic mass is 15.0. The number of rotatable bonds is 9. The molecule has 0 fully saturated rings. The van der Waals surface area contributed by atoms with Crippen molar-refractivity contribution in [2.45, 2.75) is 0 Å². The van der Waals surface area contributed by atoms with Crippen LogP contribution < -0.4 is 0 Å². The molecule has 354 valence electrons. The lowest BCUT2D eigenvalue weighted by Gasteiger charge is -2.21. The van der Waals surface area contributed by atoms with Crippen LogP contribution in [0.4, 0.5) is 0 Å². The number of para-hydroxylation sites is 2. The smallest absolute Gasteiger partial charge is 0.164 e. The van der Waals surface area contributed by atoms with Gasteiger partial charge in [-0.3, -0.25) is 0 Å². The lowest BCUT2D eigenvalue weighted by atomic mass is 9.93. The molecule has 0 saturated carbocycles. The quantitative estimate of drug-likeness (QED) is 0.144. The Labute approximate surface area is 439 Å². The summed E-state index contributed by atoms with van der Waals surface area (Å²) in [6.45, 7) is 0. The molecule has 0 aliphatic heterocycles. The van der Waals surface area contributed by atoms with E-state index in [1.807, 2.05) is 84.9 Å². The molecule has 3 aromatic heterocycles. The molecule has 6 nitrogen and oxygen atoms in total. The summed E-state index contributed by atoms with van der Waals surface area (Å²) in [5.41, 5.74) is 17.8. The van der Waals surface area contributed by atoms with Crippen molar-refractivity contribution in [1.29, 1.82) is 5.26 Å². The summed E-state index contributed by atoms with van der Waals surface area (Å²) in [6.07, 6.45) is 0. The van der Waals surface area contributed by atoms with Crippen molar-refractivity contribution in [2.24, 2.45) is 0 Å². The van der Waals surface area contributed by atoms with Crippen LogP contribution in [0.3, 0.4) is 0 Å². The summed E-state index contributed by atoms with van der Waals surface area (Å²) in [6, 6.07) is 96.0. The first-order chi connectivity index (χ1) is 37.6. The fraction of sp³-hybridized carbons (Fsp3) is 0. The van der Waals surface area contributed by atoms with Gasteiger partial charge in [0.25, 0.3) is 0 Å². The van der Waals surface area contributed by atoms with E-state index < -0.39 is 0 Å². The summed E-state index contributed by atoms with van der Waals surface area (Å²) in [4.78, 5) is 15.6. The van der Waals surface area contributed by atoms with Gasteiger partial charge in [-0.25, -0.2) is 15.0 Å². The van der Waals surface area contributed by atoms with Crippen molar-refractivity contribution in [3.8, 4) is 96.1 Å². The summed E-state index contributed by atoms with van der Waals surface area (Å²) in [5, 5.41) is 15.2. The van der Waals surface area contributed by atoms with Crippen LogP contribution in [0.2, 0.25) is 0 Å². The monoisotopic (exact) mass is 968 g/mol. The van der Waals surface area contributed by atoms with E-state index in [9.17, 15) is 5.26 Å². The zero-order valence-electron chi connectivity index (χ0n) is 41.1. The average Bonchev–Trinajstić information content (AvgIpc) is 4.11. The fourth-order valence-corrected chi connectivity index (χ4v) is 11.1. The third-order valence-corrected chi connectivity index (χ3v) is 14.6. The molecule has 0 amide bonds. The maximum Gasteiger partial charge on any atom is 0.164 e. The molecular formula is C70H44N6. The molecule has 0 bridgehead atoms. The van der Waals surface area contributed by atoms with Gasteiger partial charge in [0.2, 0.25) is 0 Å².